The second-order valence-electron chi connectivity index (χ2n) is 5.04. The number of nitrogens with zero attached hydrogens (tertiary/aromatic N) is 1. The molecule has 0 unspecified atom stereocenters. The first-order valence-corrected chi connectivity index (χ1v) is 7.79. The molecule has 0 aliphatic rings. The first kappa shape index (κ1) is 16.2. The molecule has 0 bridgehead atoms. The van der Waals surface area contributed by atoms with E-state index in [1.165, 1.54) is 17.4 Å². The van der Waals surface area contributed by atoms with Gasteiger partial charge in [-0.25, -0.2) is 4.79 Å². The molecule has 1 N–H and O–H groups in total. The van der Waals surface area contributed by atoms with E-state index in [0.29, 0.717) is 16.3 Å². The van der Waals surface area contributed by atoms with Gasteiger partial charge in [-0.1, -0.05) is 19.0 Å². The highest BCUT2D eigenvalue weighted by Gasteiger charge is 2.21. The van der Waals surface area contributed by atoms with Crippen LogP contribution in [-0.2, 0) is 4.74 Å². The van der Waals surface area contributed by atoms with Crippen molar-refractivity contribution in [1.82, 2.24) is 5.16 Å². The van der Waals surface area contributed by atoms with Gasteiger partial charge < -0.3 is 14.6 Å². The number of hydrogen-bond acceptors (Lipinski definition) is 6. The van der Waals surface area contributed by atoms with Gasteiger partial charge in [-0.05, 0) is 25.8 Å². The van der Waals surface area contributed by atoms with E-state index in [-0.39, 0.29) is 18.2 Å². The van der Waals surface area contributed by atoms with Crippen LogP contribution in [0.25, 0.3) is 0 Å². The monoisotopic (exact) mass is 322 g/mol. The maximum absolute atomic E-state index is 12.2. The predicted octanol–water partition coefficient (Wildman–Crippen LogP) is 3.60. The van der Waals surface area contributed by atoms with Gasteiger partial charge in [-0.2, -0.15) is 0 Å². The van der Waals surface area contributed by atoms with Gasteiger partial charge >= 0.3 is 5.97 Å². The molecule has 0 spiro atoms. The average molecular weight is 322 g/mol. The van der Waals surface area contributed by atoms with Crippen LogP contribution in [0.1, 0.15) is 58.2 Å². The number of amides is 1. The molecule has 0 aromatic carbocycles. The van der Waals surface area contributed by atoms with Gasteiger partial charge in [-0.15, -0.1) is 11.3 Å². The Morgan fingerprint density at radius 3 is 2.68 bits per heavy atom. The number of anilines is 1. The van der Waals surface area contributed by atoms with Crippen LogP contribution in [0.5, 0.6) is 0 Å². The summed E-state index contributed by atoms with van der Waals surface area (Å²) >= 11 is 1.36. The molecule has 0 saturated carbocycles. The molecule has 2 rings (SSSR count). The van der Waals surface area contributed by atoms with Crippen molar-refractivity contribution < 1.29 is 18.8 Å². The predicted molar refractivity (Wildman–Crippen MR) is 83.6 cm³/mol. The summed E-state index contributed by atoms with van der Waals surface area (Å²) < 4.78 is 9.92. The van der Waals surface area contributed by atoms with Gasteiger partial charge in [0.2, 0.25) is 0 Å². The van der Waals surface area contributed by atoms with Crippen LogP contribution in [0, 0.1) is 6.92 Å². The highest BCUT2D eigenvalue weighted by molar-refractivity contribution is 7.16. The van der Waals surface area contributed by atoms with E-state index in [4.69, 9.17) is 9.26 Å². The van der Waals surface area contributed by atoms with Gasteiger partial charge in [0.1, 0.15) is 10.8 Å². The molecule has 2 heterocycles. The van der Waals surface area contributed by atoms with Crippen LogP contribution in [0.2, 0.25) is 0 Å². The van der Waals surface area contributed by atoms with Crippen LogP contribution in [0.15, 0.2) is 16.7 Å². The summed E-state index contributed by atoms with van der Waals surface area (Å²) in [6, 6.07) is 3.30. The molecule has 1 amide bonds. The third kappa shape index (κ3) is 3.54. The molecule has 6 nitrogen and oxygen atoms in total. The summed E-state index contributed by atoms with van der Waals surface area (Å²) in [6.45, 7) is 7.77. The molecule has 118 valence electrons. The number of nitrogens with one attached hydrogen (secondary N) is 1. The minimum atomic E-state index is -0.447. The fourth-order valence-electron chi connectivity index (χ4n) is 1.79. The van der Waals surface area contributed by atoms with Crippen LogP contribution >= 0.6 is 11.3 Å². The van der Waals surface area contributed by atoms with E-state index in [1.54, 1.807) is 19.9 Å². The molecular weight excluding hydrogens is 304 g/mol. The topological polar surface area (TPSA) is 81.4 Å². The summed E-state index contributed by atoms with van der Waals surface area (Å²) in [6.07, 6.45) is 0. The highest BCUT2D eigenvalue weighted by atomic mass is 32.1. The number of carbonyl (C=O) groups is 2. The van der Waals surface area contributed by atoms with Crippen molar-refractivity contribution >= 4 is 28.2 Å². The van der Waals surface area contributed by atoms with Crippen molar-refractivity contribution in [2.75, 3.05) is 11.9 Å². The van der Waals surface area contributed by atoms with Gasteiger partial charge in [0.15, 0.2) is 5.69 Å². The lowest BCUT2D eigenvalue weighted by molar-refractivity contribution is 0.0528. The molecule has 7 heteroatoms. The second-order valence-corrected chi connectivity index (χ2v) is 6.13. The Kier molecular flexibility index (Phi) is 4.97. The third-order valence-corrected chi connectivity index (χ3v) is 4.25. The number of hydrogen-bond donors (Lipinski definition) is 1. The van der Waals surface area contributed by atoms with Crippen molar-refractivity contribution in [2.45, 2.75) is 33.6 Å². The van der Waals surface area contributed by atoms with E-state index >= 15 is 0 Å². The number of carbonyl (C=O) groups excluding carboxylic acids is 2. The molecule has 0 atom stereocenters. The van der Waals surface area contributed by atoms with Crippen molar-refractivity contribution in [3.05, 3.63) is 34.0 Å². The molecule has 0 saturated heterocycles. The number of rotatable bonds is 5. The zero-order chi connectivity index (χ0) is 16.3. The van der Waals surface area contributed by atoms with Crippen molar-refractivity contribution in [3.8, 4) is 0 Å². The lowest BCUT2D eigenvalue weighted by Crippen LogP contribution is -2.14. The Morgan fingerprint density at radius 2 is 2.14 bits per heavy atom. The smallest absolute Gasteiger partial charge is 0.341 e. The van der Waals surface area contributed by atoms with E-state index < -0.39 is 11.9 Å². The Bertz CT molecular complexity index is 688. The summed E-state index contributed by atoms with van der Waals surface area (Å²) in [7, 11) is 0. The second kappa shape index (κ2) is 6.74. The Balaban J connectivity index is 2.28. The minimum absolute atomic E-state index is 0.173. The summed E-state index contributed by atoms with van der Waals surface area (Å²) in [5.41, 5.74) is 0.538. The fraction of sp³-hybridized carbons (Fsp3) is 0.400. The zero-order valence-corrected chi connectivity index (χ0v) is 13.7. The van der Waals surface area contributed by atoms with E-state index in [9.17, 15) is 9.59 Å². The number of aromatic nitrogens is 1. The van der Waals surface area contributed by atoms with Crippen molar-refractivity contribution in [2.24, 2.45) is 0 Å². The molecule has 22 heavy (non-hydrogen) atoms. The van der Waals surface area contributed by atoms with E-state index in [1.807, 2.05) is 13.8 Å². The normalized spacial score (nSPS) is 10.8. The average Bonchev–Trinajstić information content (AvgIpc) is 3.05. The van der Waals surface area contributed by atoms with Gasteiger partial charge in [-0.3, -0.25) is 4.79 Å². The van der Waals surface area contributed by atoms with Crippen molar-refractivity contribution in [1.29, 1.82) is 0 Å². The summed E-state index contributed by atoms with van der Waals surface area (Å²) in [5, 5.41) is 6.84. The minimum Gasteiger partial charge on any atom is -0.462 e. The SMILES string of the molecule is CCOC(=O)c1cc(C(C)C)sc1NC(=O)c1cc(C)on1. The Labute approximate surface area is 132 Å². The molecule has 2 aromatic heterocycles. The number of ether oxygens (including phenoxy) is 1. The molecule has 0 fully saturated rings. The molecule has 2 aromatic rings. The fourth-order valence-corrected chi connectivity index (χ4v) is 2.83. The van der Waals surface area contributed by atoms with Crippen molar-refractivity contribution in [3.63, 3.8) is 0 Å². The number of esters is 1. The Morgan fingerprint density at radius 1 is 1.41 bits per heavy atom. The zero-order valence-electron chi connectivity index (χ0n) is 12.9. The first-order valence-electron chi connectivity index (χ1n) is 6.97. The summed E-state index contributed by atoms with van der Waals surface area (Å²) in [4.78, 5) is 25.2. The lowest BCUT2D eigenvalue weighted by Gasteiger charge is -2.04. The van der Waals surface area contributed by atoms with Crippen LogP contribution in [0.4, 0.5) is 5.00 Å². The lowest BCUT2D eigenvalue weighted by atomic mass is 10.1. The third-order valence-electron chi connectivity index (χ3n) is 2.90. The van der Waals surface area contributed by atoms with Crippen LogP contribution in [0.3, 0.4) is 0 Å². The first-order chi connectivity index (χ1) is 10.4. The molecule has 0 radical (unpaired) electrons. The van der Waals surface area contributed by atoms with Gasteiger partial charge in [0.05, 0.1) is 12.2 Å². The maximum Gasteiger partial charge on any atom is 0.341 e. The van der Waals surface area contributed by atoms with E-state index in [2.05, 4.69) is 10.5 Å². The number of aryl methyl sites for hydroxylation is 1. The summed E-state index contributed by atoms with van der Waals surface area (Å²) in [5.74, 6) is -0.0697. The molecule has 0 aliphatic heterocycles. The highest BCUT2D eigenvalue weighted by Crippen LogP contribution is 2.33. The molecular formula is C15H18N2O4S. The quantitative estimate of drug-likeness (QED) is 0.851. The van der Waals surface area contributed by atoms with Gasteiger partial charge in [0.25, 0.3) is 5.91 Å². The largest absolute Gasteiger partial charge is 0.462 e. The van der Waals surface area contributed by atoms with Crippen LogP contribution < -0.4 is 5.32 Å². The standard InChI is InChI=1S/C15H18N2O4S/c1-5-20-15(19)10-7-12(8(2)3)22-14(10)16-13(18)11-6-9(4)21-17-11/h6-8H,5H2,1-4H3,(H,16,18). The van der Waals surface area contributed by atoms with E-state index in [0.717, 1.165) is 4.88 Å². The Hall–Kier alpha value is -2.15. The van der Waals surface area contributed by atoms with Gasteiger partial charge in [0, 0.05) is 10.9 Å². The number of thiophene rings is 1. The maximum atomic E-state index is 12.2. The van der Waals surface area contributed by atoms with Crippen LogP contribution in [-0.4, -0.2) is 23.6 Å². The molecule has 0 aliphatic carbocycles.